The van der Waals surface area contributed by atoms with Crippen LogP contribution in [0.1, 0.15) is 30.0 Å². The molecule has 152 valence electrons. The molecule has 3 aromatic rings. The van der Waals surface area contributed by atoms with Gasteiger partial charge in [-0.2, -0.15) is 15.5 Å². The lowest BCUT2D eigenvalue weighted by Gasteiger charge is -2.14. The molecular formula is C23H15ClIN5O. The Morgan fingerprint density at radius 2 is 1.97 bits per heavy atom. The number of halogens is 2. The van der Waals surface area contributed by atoms with Gasteiger partial charge in [0.2, 0.25) is 11.8 Å². The predicted molar refractivity (Wildman–Crippen MR) is 127 cm³/mol. The van der Waals surface area contributed by atoms with Crippen LogP contribution in [0.4, 0.5) is 11.6 Å². The third kappa shape index (κ3) is 4.34. The molecule has 0 fully saturated rings. The van der Waals surface area contributed by atoms with Crippen molar-refractivity contribution in [1.82, 2.24) is 9.97 Å². The average molecular weight is 540 g/mol. The van der Waals surface area contributed by atoms with Crippen LogP contribution in [0.3, 0.4) is 0 Å². The Morgan fingerprint density at radius 3 is 2.68 bits per heavy atom. The normalized spacial score (nSPS) is 13.7. The van der Waals surface area contributed by atoms with Crippen molar-refractivity contribution >= 4 is 51.4 Å². The van der Waals surface area contributed by atoms with E-state index in [2.05, 4.69) is 50.0 Å². The van der Waals surface area contributed by atoms with Crippen LogP contribution in [0.2, 0.25) is 5.02 Å². The van der Waals surface area contributed by atoms with Crippen LogP contribution in [0.25, 0.3) is 5.57 Å². The third-order valence-electron chi connectivity index (χ3n) is 4.95. The fraction of sp³-hybridized carbons (Fsp3) is 0.130. The van der Waals surface area contributed by atoms with Crippen molar-refractivity contribution in [2.75, 3.05) is 5.32 Å². The average Bonchev–Trinajstić information content (AvgIpc) is 3.21. The van der Waals surface area contributed by atoms with E-state index in [0.29, 0.717) is 33.7 Å². The summed E-state index contributed by atoms with van der Waals surface area (Å²) in [5, 5.41) is 21.7. The molecule has 0 amide bonds. The monoisotopic (exact) mass is 539 g/mol. The molecule has 1 heterocycles. The number of hydrogen-bond donors (Lipinski definition) is 1. The molecule has 1 aliphatic carbocycles. The van der Waals surface area contributed by atoms with Crippen molar-refractivity contribution in [3.8, 4) is 23.8 Å². The van der Waals surface area contributed by atoms with E-state index in [0.717, 1.165) is 38.8 Å². The zero-order valence-corrected chi connectivity index (χ0v) is 19.3. The molecule has 0 saturated carbocycles. The number of aromatic nitrogens is 2. The molecule has 0 saturated heterocycles. The fourth-order valence-electron chi connectivity index (χ4n) is 3.41. The first-order valence-electron chi connectivity index (χ1n) is 9.39. The summed E-state index contributed by atoms with van der Waals surface area (Å²) in [5.41, 5.74) is 5.25. The minimum Gasteiger partial charge on any atom is -0.436 e. The zero-order valence-electron chi connectivity index (χ0n) is 16.4. The van der Waals surface area contributed by atoms with Crippen molar-refractivity contribution in [3.05, 3.63) is 73.5 Å². The summed E-state index contributed by atoms with van der Waals surface area (Å²) in [6.45, 7) is 1.83. The number of nitrogens with zero attached hydrogens (tertiary/aromatic N) is 4. The quantitative estimate of drug-likeness (QED) is 0.305. The second kappa shape index (κ2) is 8.93. The zero-order chi connectivity index (χ0) is 22.0. The SMILES string of the molecule is C/C(C#N)=C1/CCc2c1cc(Cl)c(Oc1ccnc(Nc3ccc(C#N)cc3)n1)c2I. The maximum absolute atomic E-state index is 9.26. The number of nitriles is 2. The van der Waals surface area contributed by atoms with Crippen molar-refractivity contribution in [2.45, 2.75) is 19.8 Å². The Balaban J connectivity index is 1.61. The van der Waals surface area contributed by atoms with Crippen LogP contribution in [-0.4, -0.2) is 9.97 Å². The van der Waals surface area contributed by atoms with E-state index in [1.54, 1.807) is 36.5 Å². The summed E-state index contributed by atoms with van der Waals surface area (Å²) >= 11 is 8.79. The number of rotatable bonds is 4. The van der Waals surface area contributed by atoms with E-state index in [-0.39, 0.29) is 0 Å². The molecule has 1 aliphatic rings. The topological polar surface area (TPSA) is 94.6 Å². The summed E-state index contributed by atoms with van der Waals surface area (Å²) in [5.74, 6) is 1.26. The Labute approximate surface area is 198 Å². The van der Waals surface area contributed by atoms with Gasteiger partial charge in [-0.25, -0.2) is 4.98 Å². The second-order valence-corrected chi connectivity index (χ2v) is 8.36. The van der Waals surface area contributed by atoms with Crippen LogP contribution in [0.15, 0.2) is 48.2 Å². The van der Waals surface area contributed by atoms with E-state index >= 15 is 0 Å². The summed E-state index contributed by atoms with van der Waals surface area (Å²) in [6, 6.07) is 14.8. The summed E-state index contributed by atoms with van der Waals surface area (Å²) in [4.78, 5) is 8.64. The van der Waals surface area contributed by atoms with Gasteiger partial charge < -0.3 is 10.1 Å². The van der Waals surface area contributed by atoms with Gasteiger partial charge in [-0.1, -0.05) is 11.6 Å². The number of ether oxygens (including phenoxy) is 1. The lowest BCUT2D eigenvalue weighted by Crippen LogP contribution is -2.00. The molecule has 0 radical (unpaired) electrons. The van der Waals surface area contributed by atoms with Gasteiger partial charge in [-0.3, -0.25) is 0 Å². The van der Waals surface area contributed by atoms with Gasteiger partial charge in [-0.15, -0.1) is 0 Å². The van der Waals surface area contributed by atoms with Crippen LogP contribution < -0.4 is 10.1 Å². The molecule has 31 heavy (non-hydrogen) atoms. The summed E-state index contributed by atoms with van der Waals surface area (Å²) < 4.78 is 6.97. The van der Waals surface area contributed by atoms with Crippen molar-refractivity contribution in [2.24, 2.45) is 0 Å². The van der Waals surface area contributed by atoms with Gasteiger partial charge in [0.05, 0.1) is 26.3 Å². The minimum absolute atomic E-state index is 0.355. The van der Waals surface area contributed by atoms with Crippen LogP contribution in [0.5, 0.6) is 11.6 Å². The summed E-state index contributed by atoms with van der Waals surface area (Å²) in [7, 11) is 0. The number of benzene rings is 2. The molecular weight excluding hydrogens is 525 g/mol. The first-order valence-corrected chi connectivity index (χ1v) is 10.8. The summed E-state index contributed by atoms with van der Waals surface area (Å²) in [6.07, 6.45) is 3.25. The second-order valence-electron chi connectivity index (χ2n) is 6.88. The van der Waals surface area contributed by atoms with Gasteiger partial charge >= 0.3 is 0 Å². The van der Waals surface area contributed by atoms with Gasteiger partial charge in [-0.05, 0) is 89.4 Å². The molecule has 0 aliphatic heterocycles. The first kappa shape index (κ1) is 21.1. The molecule has 0 atom stereocenters. The van der Waals surface area contributed by atoms with Gasteiger partial charge in [0.15, 0.2) is 5.75 Å². The number of anilines is 2. The Bertz CT molecular complexity index is 1290. The maximum Gasteiger partial charge on any atom is 0.230 e. The van der Waals surface area contributed by atoms with Crippen LogP contribution in [-0.2, 0) is 6.42 Å². The number of allylic oxidation sites excluding steroid dienone is 2. The number of nitrogens with one attached hydrogen (secondary N) is 1. The molecule has 6 nitrogen and oxygen atoms in total. The Kier molecular flexibility index (Phi) is 6.08. The highest BCUT2D eigenvalue weighted by Gasteiger charge is 2.25. The van der Waals surface area contributed by atoms with Gasteiger partial charge in [0.25, 0.3) is 0 Å². The highest BCUT2D eigenvalue weighted by atomic mass is 127. The molecule has 0 spiro atoms. The molecule has 8 heteroatoms. The van der Waals surface area contributed by atoms with Gasteiger partial charge in [0.1, 0.15) is 0 Å². The maximum atomic E-state index is 9.26. The predicted octanol–water partition coefficient (Wildman–Crippen LogP) is 6.39. The van der Waals surface area contributed by atoms with E-state index in [9.17, 15) is 5.26 Å². The minimum atomic E-state index is 0.355. The molecule has 4 rings (SSSR count). The molecule has 0 unspecified atom stereocenters. The first-order chi connectivity index (χ1) is 15.0. The molecule has 0 bridgehead atoms. The highest BCUT2D eigenvalue weighted by molar-refractivity contribution is 14.1. The van der Waals surface area contributed by atoms with Crippen molar-refractivity contribution < 1.29 is 4.74 Å². The van der Waals surface area contributed by atoms with E-state index in [4.69, 9.17) is 21.6 Å². The van der Waals surface area contributed by atoms with Crippen LogP contribution >= 0.6 is 34.2 Å². The molecule has 2 aromatic carbocycles. The standard InChI is InChI=1S/C23H15ClIN5O/c1-13(11-26)16-6-7-17-18(16)10-19(24)22(21(17)25)31-20-8-9-28-23(30-20)29-15-4-2-14(12-27)3-5-15/h2-5,8-10H,6-7H2,1H3,(H,28,29,30)/b16-13+. The van der Waals surface area contributed by atoms with E-state index in [1.807, 2.05) is 13.0 Å². The molecule has 1 N–H and O–H groups in total. The molecule has 1 aromatic heterocycles. The fourth-order valence-corrected chi connectivity index (χ4v) is 4.77. The van der Waals surface area contributed by atoms with Crippen LogP contribution in [0, 0.1) is 26.2 Å². The Morgan fingerprint density at radius 1 is 1.19 bits per heavy atom. The van der Waals surface area contributed by atoms with E-state index in [1.165, 1.54) is 0 Å². The Hall–Kier alpha value is -3.14. The number of hydrogen-bond acceptors (Lipinski definition) is 6. The lowest BCUT2D eigenvalue weighted by atomic mass is 10.0. The highest BCUT2D eigenvalue weighted by Crippen LogP contribution is 2.45. The smallest absolute Gasteiger partial charge is 0.230 e. The largest absolute Gasteiger partial charge is 0.436 e. The lowest BCUT2D eigenvalue weighted by molar-refractivity contribution is 0.459. The van der Waals surface area contributed by atoms with Crippen molar-refractivity contribution in [1.29, 1.82) is 10.5 Å². The van der Waals surface area contributed by atoms with Gasteiger partial charge in [0, 0.05) is 23.5 Å². The van der Waals surface area contributed by atoms with Crippen molar-refractivity contribution in [3.63, 3.8) is 0 Å². The van der Waals surface area contributed by atoms with E-state index < -0.39 is 0 Å². The third-order valence-corrected chi connectivity index (χ3v) is 6.38. The number of fused-ring (bicyclic) bond motifs is 1.